The molecule has 1 rings (SSSR count). The van der Waals surface area contributed by atoms with Crippen molar-refractivity contribution in [2.45, 2.75) is 160 Å². The highest BCUT2D eigenvalue weighted by Crippen LogP contribution is 2.24. The Balaban J connectivity index is 2.58. The zero-order valence-corrected chi connectivity index (χ0v) is 33.8. The third-order valence-corrected chi connectivity index (χ3v) is 9.40. The number of unbranched alkanes of at least 4 members (excludes halogenated alkanes) is 11. The van der Waals surface area contributed by atoms with Crippen molar-refractivity contribution in [3.8, 4) is 0 Å². The van der Waals surface area contributed by atoms with Crippen LogP contribution in [0.15, 0.2) is 72.9 Å². The summed E-state index contributed by atoms with van der Waals surface area (Å²) in [5.41, 5.74) is 0. The summed E-state index contributed by atoms with van der Waals surface area (Å²) in [5, 5.41) is 30.8. The van der Waals surface area contributed by atoms with Gasteiger partial charge in [0.05, 0.1) is 6.61 Å². The number of hydrogen-bond donors (Lipinski definition) is 4. The summed E-state index contributed by atoms with van der Waals surface area (Å²) in [6.07, 6.45) is 29.7. The molecule has 0 aromatic heterocycles. The first kappa shape index (κ1) is 50.1. The van der Waals surface area contributed by atoms with E-state index < -0.39 is 71.2 Å². The van der Waals surface area contributed by atoms with Gasteiger partial charge in [-0.3, -0.25) is 14.1 Å². The zero-order chi connectivity index (χ0) is 40.6. The summed E-state index contributed by atoms with van der Waals surface area (Å²) < 4.78 is 53.8. The number of esters is 2. The molecule has 0 aromatic carbocycles. The Hall–Kier alpha value is -2.91. The van der Waals surface area contributed by atoms with Crippen LogP contribution in [0.5, 0.6) is 0 Å². The van der Waals surface area contributed by atoms with Crippen molar-refractivity contribution < 1.29 is 56.8 Å². The molecule has 55 heavy (non-hydrogen) atoms. The number of aliphatic hydroxyl groups excluding tert-OH is 3. The van der Waals surface area contributed by atoms with E-state index in [1.807, 2.05) is 54.7 Å². The minimum Gasteiger partial charge on any atom is -0.462 e. The standard InChI is InChI=1S/C42H68O12S/c1-3-5-7-9-11-13-15-17-19-20-22-24-26-28-30-37(43)51-32-35(33-52-42-41(47)40(46)39(45)36(54-42)34-55(48,49)50)53-38(44)31-29-27-25-23-21-18-16-14-12-10-8-6-4-2/h6,8,10,12,14,16,18-21,23,25,35-36,39-42,45-47H,3-5,7,9,11,13,15,17,22,24,26-34H2,1-2H3,(H,48,49,50)/b8-6+,12-10+,16-14+,20-19+,21-18+,25-23+/t35?,36-,39-,40?,41?,42+/m1/s1. The number of aliphatic hydroxyl groups is 3. The van der Waals surface area contributed by atoms with Gasteiger partial charge in [0.15, 0.2) is 12.4 Å². The maximum absolute atomic E-state index is 12.7. The SMILES string of the molecule is CC/C=C/C=C/C=C/C=C/C=C/CCCC(=O)OC(COC(=O)CCCCC/C=C/CCCCCCCCC)CO[C@H]1O[C@H](CS(=O)(=O)O)[C@@H](O)C(O)C1O. The number of carbonyl (C=O) groups excluding carboxylic acids is 2. The molecule has 0 saturated carbocycles. The Morgan fingerprint density at radius 1 is 0.636 bits per heavy atom. The summed E-state index contributed by atoms with van der Waals surface area (Å²) in [6, 6.07) is 0. The van der Waals surface area contributed by atoms with Gasteiger partial charge in [0.2, 0.25) is 0 Å². The fourth-order valence-electron chi connectivity index (χ4n) is 5.52. The average Bonchev–Trinajstić information content (AvgIpc) is 3.14. The van der Waals surface area contributed by atoms with Gasteiger partial charge in [0, 0.05) is 12.8 Å². The van der Waals surface area contributed by atoms with E-state index in [1.165, 1.54) is 44.9 Å². The van der Waals surface area contributed by atoms with E-state index in [2.05, 4.69) is 32.1 Å². The molecule has 1 saturated heterocycles. The summed E-state index contributed by atoms with van der Waals surface area (Å²) in [6.45, 7) is 3.50. The van der Waals surface area contributed by atoms with E-state index >= 15 is 0 Å². The smallest absolute Gasteiger partial charge is 0.306 e. The van der Waals surface area contributed by atoms with Crippen LogP contribution in [0.4, 0.5) is 0 Å². The molecule has 314 valence electrons. The van der Waals surface area contributed by atoms with Gasteiger partial charge in [0.1, 0.15) is 36.8 Å². The number of allylic oxidation sites excluding steroid dienone is 12. The maximum atomic E-state index is 12.7. The third-order valence-electron chi connectivity index (χ3n) is 8.65. The Morgan fingerprint density at radius 3 is 1.80 bits per heavy atom. The van der Waals surface area contributed by atoms with E-state index in [-0.39, 0.29) is 19.4 Å². The van der Waals surface area contributed by atoms with Gasteiger partial charge in [-0.2, -0.15) is 8.42 Å². The van der Waals surface area contributed by atoms with E-state index in [1.54, 1.807) is 0 Å². The van der Waals surface area contributed by atoms with Crippen LogP contribution in [0.25, 0.3) is 0 Å². The van der Waals surface area contributed by atoms with Crippen LogP contribution in [0.1, 0.15) is 123 Å². The molecule has 0 amide bonds. The van der Waals surface area contributed by atoms with Crippen molar-refractivity contribution in [3.05, 3.63) is 72.9 Å². The minimum absolute atomic E-state index is 0.0614. The lowest BCUT2D eigenvalue weighted by atomic mass is 10.00. The molecular weight excluding hydrogens is 729 g/mol. The fourth-order valence-corrected chi connectivity index (χ4v) is 6.21. The lowest BCUT2D eigenvalue weighted by Crippen LogP contribution is -2.60. The van der Waals surface area contributed by atoms with E-state index in [9.17, 15) is 37.9 Å². The summed E-state index contributed by atoms with van der Waals surface area (Å²) in [5.74, 6) is -2.11. The zero-order valence-electron chi connectivity index (χ0n) is 33.0. The van der Waals surface area contributed by atoms with Crippen molar-refractivity contribution in [3.63, 3.8) is 0 Å². The molecule has 0 aromatic rings. The second-order valence-corrected chi connectivity index (χ2v) is 15.2. The Bertz CT molecular complexity index is 1300. The molecule has 1 aliphatic rings. The van der Waals surface area contributed by atoms with Crippen molar-refractivity contribution >= 4 is 22.1 Å². The van der Waals surface area contributed by atoms with Crippen molar-refractivity contribution in [1.29, 1.82) is 0 Å². The van der Waals surface area contributed by atoms with Gasteiger partial charge in [-0.1, -0.05) is 132 Å². The van der Waals surface area contributed by atoms with Gasteiger partial charge in [-0.25, -0.2) is 0 Å². The Morgan fingerprint density at radius 2 is 1.18 bits per heavy atom. The molecule has 1 aliphatic heterocycles. The lowest BCUT2D eigenvalue weighted by molar-refractivity contribution is -0.297. The van der Waals surface area contributed by atoms with Crippen LogP contribution < -0.4 is 0 Å². The number of rotatable bonds is 31. The first-order valence-electron chi connectivity index (χ1n) is 20.1. The van der Waals surface area contributed by atoms with Gasteiger partial charge in [-0.15, -0.1) is 0 Å². The monoisotopic (exact) mass is 796 g/mol. The van der Waals surface area contributed by atoms with Gasteiger partial charge < -0.3 is 34.3 Å². The first-order chi connectivity index (χ1) is 26.5. The second-order valence-electron chi connectivity index (χ2n) is 13.7. The molecule has 0 bridgehead atoms. The van der Waals surface area contributed by atoms with Gasteiger partial charge in [-0.05, 0) is 51.4 Å². The summed E-state index contributed by atoms with van der Waals surface area (Å²) in [7, 11) is -4.61. The number of ether oxygens (including phenoxy) is 4. The fraction of sp³-hybridized carbons (Fsp3) is 0.667. The van der Waals surface area contributed by atoms with Crippen molar-refractivity contribution in [2.75, 3.05) is 19.0 Å². The van der Waals surface area contributed by atoms with Crippen LogP contribution in [0.2, 0.25) is 0 Å². The highest BCUT2D eigenvalue weighted by atomic mass is 32.2. The van der Waals surface area contributed by atoms with Crippen LogP contribution in [-0.4, -0.2) is 96.0 Å². The molecule has 13 heteroatoms. The molecule has 1 fully saturated rings. The van der Waals surface area contributed by atoms with Crippen LogP contribution in [-0.2, 0) is 38.7 Å². The van der Waals surface area contributed by atoms with Crippen LogP contribution in [0, 0.1) is 0 Å². The number of carbonyl (C=O) groups is 2. The summed E-state index contributed by atoms with van der Waals surface area (Å²) in [4.78, 5) is 25.2. The van der Waals surface area contributed by atoms with E-state index in [0.29, 0.717) is 19.3 Å². The molecular formula is C42H68O12S. The van der Waals surface area contributed by atoms with Crippen LogP contribution >= 0.6 is 0 Å². The molecule has 1 heterocycles. The maximum Gasteiger partial charge on any atom is 0.306 e. The predicted molar refractivity (Wildman–Crippen MR) is 215 cm³/mol. The van der Waals surface area contributed by atoms with E-state index in [4.69, 9.17) is 18.9 Å². The molecule has 0 radical (unpaired) electrons. The predicted octanol–water partition coefficient (Wildman–Crippen LogP) is 7.16. The average molecular weight is 797 g/mol. The Labute approximate surface area is 329 Å². The minimum atomic E-state index is -4.61. The molecule has 4 N–H and O–H groups in total. The van der Waals surface area contributed by atoms with Crippen molar-refractivity contribution in [2.24, 2.45) is 0 Å². The second kappa shape index (κ2) is 32.2. The third kappa shape index (κ3) is 27.4. The van der Waals surface area contributed by atoms with E-state index in [0.717, 1.165) is 32.1 Å². The van der Waals surface area contributed by atoms with Crippen molar-refractivity contribution in [1.82, 2.24) is 0 Å². The molecule has 0 aliphatic carbocycles. The lowest BCUT2D eigenvalue weighted by Gasteiger charge is -2.40. The summed E-state index contributed by atoms with van der Waals surface area (Å²) >= 11 is 0. The normalized spacial score (nSPS) is 21.6. The van der Waals surface area contributed by atoms with Crippen LogP contribution in [0.3, 0.4) is 0 Å². The topological polar surface area (TPSA) is 186 Å². The number of hydrogen-bond acceptors (Lipinski definition) is 11. The molecule has 12 nitrogen and oxygen atoms in total. The first-order valence-corrected chi connectivity index (χ1v) is 21.7. The molecule has 3 unspecified atom stereocenters. The highest BCUT2D eigenvalue weighted by Gasteiger charge is 2.46. The van der Waals surface area contributed by atoms with Gasteiger partial charge in [0.25, 0.3) is 10.1 Å². The molecule has 0 spiro atoms. The highest BCUT2D eigenvalue weighted by molar-refractivity contribution is 7.85. The molecule has 6 atom stereocenters. The Kier molecular flexibility index (Phi) is 29.3. The largest absolute Gasteiger partial charge is 0.462 e. The van der Waals surface area contributed by atoms with Gasteiger partial charge >= 0.3 is 11.9 Å². The quantitative estimate of drug-likeness (QED) is 0.0183.